The molecular formula is C22H32O3. The number of hydrogen-bond acceptors (Lipinski definition) is 3. The first-order valence-electron chi connectivity index (χ1n) is 10.2. The van der Waals surface area contributed by atoms with Crippen molar-refractivity contribution in [2.75, 3.05) is 0 Å². The molecule has 0 unspecified atom stereocenters. The van der Waals surface area contributed by atoms with Crippen LogP contribution >= 0.6 is 0 Å². The Labute approximate surface area is 151 Å². The van der Waals surface area contributed by atoms with Crippen molar-refractivity contribution in [3.63, 3.8) is 0 Å². The third kappa shape index (κ3) is 2.44. The van der Waals surface area contributed by atoms with Crippen molar-refractivity contribution in [3.05, 3.63) is 11.6 Å². The van der Waals surface area contributed by atoms with E-state index < -0.39 is 0 Å². The van der Waals surface area contributed by atoms with E-state index in [0.717, 1.165) is 19.3 Å². The fraction of sp³-hybridized carbons (Fsp3) is 0.818. The summed E-state index contributed by atoms with van der Waals surface area (Å²) < 4.78 is 5.74. The number of fused-ring (bicyclic) bond motifs is 5. The van der Waals surface area contributed by atoms with Crippen LogP contribution in [0.25, 0.3) is 0 Å². The summed E-state index contributed by atoms with van der Waals surface area (Å²) >= 11 is 0. The van der Waals surface area contributed by atoms with E-state index in [2.05, 4.69) is 20.8 Å². The van der Waals surface area contributed by atoms with Crippen LogP contribution in [0, 0.1) is 34.5 Å². The highest BCUT2D eigenvalue weighted by Crippen LogP contribution is 2.66. The van der Waals surface area contributed by atoms with Crippen LogP contribution in [0.3, 0.4) is 0 Å². The van der Waals surface area contributed by atoms with Crippen LogP contribution in [0.5, 0.6) is 0 Å². The number of carbonyl (C=O) groups excluding carboxylic acids is 2. The van der Waals surface area contributed by atoms with Gasteiger partial charge < -0.3 is 4.74 Å². The molecule has 4 rings (SSSR count). The summed E-state index contributed by atoms with van der Waals surface area (Å²) in [6, 6.07) is 0. The Hall–Kier alpha value is -1.12. The van der Waals surface area contributed by atoms with Gasteiger partial charge in [-0.1, -0.05) is 26.3 Å². The summed E-state index contributed by atoms with van der Waals surface area (Å²) in [6.45, 7) is 8.67. The summed E-state index contributed by atoms with van der Waals surface area (Å²) in [5.41, 5.74) is 1.79. The highest BCUT2D eigenvalue weighted by Gasteiger charge is 2.60. The minimum Gasteiger partial charge on any atom is -0.462 e. The van der Waals surface area contributed by atoms with Gasteiger partial charge in [0.1, 0.15) is 6.10 Å². The molecule has 138 valence electrons. The second-order valence-electron chi connectivity index (χ2n) is 9.72. The Bertz CT molecular complexity index is 635. The molecule has 0 amide bonds. The van der Waals surface area contributed by atoms with E-state index in [9.17, 15) is 9.59 Å². The maximum atomic E-state index is 12.0. The van der Waals surface area contributed by atoms with Crippen LogP contribution in [0.4, 0.5) is 0 Å². The normalized spacial score (nSPS) is 48.9. The number of hydrogen-bond donors (Lipinski definition) is 0. The zero-order chi connectivity index (χ0) is 18.0. The quantitative estimate of drug-likeness (QED) is 0.648. The van der Waals surface area contributed by atoms with Crippen LogP contribution < -0.4 is 0 Å². The molecular weight excluding hydrogens is 312 g/mol. The highest BCUT2D eigenvalue weighted by atomic mass is 16.5. The first kappa shape index (κ1) is 17.3. The fourth-order valence-corrected chi connectivity index (χ4v) is 7.33. The standard InChI is InChI=1S/C22H32O3/c1-13-11-16-17-5-6-20(25-14(2)23)22(17,4)10-8-18(16)21(3)9-7-15(24)12-19(13)21/h12-13,16-18,20H,5-11H2,1-4H3/t13-,16+,17+,18+,20+,21+,22-/m0/s1. The van der Waals surface area contributed by atoms with Crippen LogP contribution in [0.1, 0.15) is 72.6 Å². The van der Waals surface area contributed by atoms with Gasteiger partial charge >= 0.3 is 5.97 Å². The van der Waals surface area contributed by atoms with E-state index >= 15 is 0 Å². The van der Waals surface area contributed by atoms with Crippen molar-refractivity contribution in [3.8, 4) is 0 Å². The molecule has 4 aliphatic carbocycles. The zero-order valence-electron chi connectivity index (χ0n) is 16.1. The molecule has 4 aliphatic rings. The Balaban J connectivity index is 1.66. The average Bonchev–Trinajstić information content (AvgIpc) is 2.86. The summed E-state index contributed by atoms with van der Waals surface area (Å²) in [7, 11) is 0. The van der Waals surface area contributed by atoms with Crippen LogP contribution in [-0.4, -0.2) is 17.9 Å². The van der Waals surface area contributed by atoms with Gasteiger partial charge in [-0.15, -0.1) is 0 Å². The van der Waals surface area contributed by atoms with E-state index in [4.69, 9.17) is 4.74 Å². The van der Waals surface area contributed by atoms with E-state index in [1.54, 1.807) is 6.92 Å². The smallest absolute Gasteiger partial charge is 0.302 e. The Morgan fingerprint density at radius 3 is 2.64 bits per heavy atom. The molecule has 0 aromatic carbocycles. The van der Waals surface area contributed by atoms with Crippen LogP contribution in [0.2, 0.25) is 0 Å². The van der Waals surface area contributed by atoms with Gasteiger partial charge in [-0.2, -0.15) is 0 Å². The van der Waals surface area contributed by atoms with E-state index in [-0.39, 0.29) is 22.9 Å². The molecule has 7 atom stereocenters. The van der Waals surface area contributed by atoms with Gasteiger partial charge in [0, 0.05) is 18.8 Å². The Morgan fingerprint density at radius 1 is 1.16 bits per heavy atom. The second-order valence-corrected chi connectivity index (χ2v) is 9.72. The Morgan fingerprint density at radius 2 is 1.92 bits per heavy atom. The number of rotatable bonds is 1. The van der Waals surface area contributed by atoms with Gasteiger partial charge in [0.15, 0.2) is 5.78 Å². The van der Waals surface area contributed by atoms with Gasteiger partial charge in [-0.25, -0.2) is 0 Å². The molecule has 0 saturated heterocycles. The van der Waals surface area contributed by atoms with Gasteiger partial charge in [0.2, 0.25) is 0 Å². The maximum absolute atomic E-state index is 12.0. The number of esters is 1. The summed E-state index contributed by atoms with van der Waals surface area (Å²) in [5, 5.41) is 0. The van der Waals surface area contributed by atoms with E-state index in [0.29, 0.717) is 35.9 Å². The fourth-order valence-electron chi connectivity index (χ4n) is 7.33. The van der Waals surface area contributed by atoms with Crippen LogP contribution in [-0.2, 0) is 14.3 Å². The number of ketones is 1. The molecule has 3 heteroatoms. The second kappa shape index (κ2) is 5.69. The molecule has 0 aromatic heterocycles. The molecule has 0 aliphatic heterocycles. The lowest BCUT2D eigenvalue weighted by Gasteiger charge is -2.59. The molecule has 3 nitrogen and oxygen atoms in total. The molecule has 0 bridgehead atoms. The van der Waals surface area contributed by atoms with Crippen molar-refractivity contribution in [1.29, 1.82) is 0 Å². The first-order valence-corrected chi connectivity index (χ1v) is 10.2. The first-order chi connectivity index (χ1) is 11.8. The SMILES string of the molecule is CC(=O)O[C@@H]1CC[C@@H]2[C@H]3C[C@H](C)C4=CC(=O)CC[C@]4(C)[C@@H]3CC[C@@]21C. The average molecular weight is 344 g/mol. The topological polar surface area (TPSA) is 43.4 Å². The lowest BCUT2D eigenvalue weighted by Crippen LogP contribution is -2.53. The van der Waals surface area contributed by atoms with Crippen molar-refractivity contribution < 1.29 is 14.3 Å². The molecule has 0 heterocycles. The predicted octanol–water partition coefficient (Wildman–Crippen LogP) is 4.70. The lowest BCUT2D eigenvalue weighted by atomic mass is 9.45. The summed E-state index contributed by atoms with van der Waals surface area (Å²) in [4.78, 5) is 23.6. The molecule has 0 radical (unpaired) electrons. The molecule has 0 aromatic rings. The zero-order valence-corrected chi connectivity index (χ0v) is 16.1. The largest absolute Gasteiger partial charge is 0.462 e. The monoisotopic (exact) mass is 344 g/mol. The van der Waals surface area contributed by atoms with Gasteiger partial charge in [-0.05, 0) is 73.7 Å². The predicted molar refractivity (Wildman–Crippen MR) is 96.8 cm³/mol. The number of carbonyl (C=O) groups is 2. The minimum absolute atomic E-state index is 0.101. The van der Waals surface area contributed by atoms with Crippen molar-refractivity contribution >= 4 is 11.8 Å². The Kier molecular flexibility index (Phi) is 3.94. The van der Waals surface area contributed by atoms with Gasteiger partial charge in [0.25, 0.3) is 0 Å². The highest BCUT2D eigenvalue weighted by molar-refractivity contribution is 5.91. The van der Waals surface area contributed by atoms with Crippen molar-refractivity contribution in [1.82, 2.24) is 0 Å². The van der Waals surface area contributed by atoms with E-state index in [1.807, 2.05) is 6.08 Å². The molecule has 0 N–H and O–H groups in total. The third-order valence-electron chi connectivity index (χ3n) is 8.50. The lowest BCUT2D eigenvalue weighted by molar-refractivity contribution is -0.157. The molecule has 3 saturated carbocycles. The van der Waals surface area contributed by atoms with Crippen molar-refractivity contribution in [2.45, 2.75) is 78.7 Å². The maximum Gasteiger partial charge on any atom is 0.302 e. The summed E-state index contributed by atoms with van der Waals surface area (Å²) in [6.07, 6.45) is 9.62. The molecule has 25 heavy (non-hydrogen) atoms. The molecule has 3 fully saturated rings. The van der Waals surface area contributed by atoms with Crippen molar-refractivity contribution in [2.24, 2.45) is 34.5 Å². The van der Waals surface area contributed by atoms with Gasteiger partial charge in [0.05, 0.1) is 0 Å². The summed E-state index contributed by atoms with van der Waals surface area (Å²) in [5.74, 6) is 2.77. The minimum atomic E-state index is -0.131. The van der Waals surface area contributed by atoms with Gasteiger partial charge in [-0.3, -0.25) is 9.59 Å². The van der Waals surface area contributed by atoms with Crippen LogP contribution in [0.15, 0.2) is 11.6 Å². The number of ether oxygens (including phenoxy) is 1. The third-order valence-corrected chi connectivity index (χ3v) is 8.50. The number of allylic oxidation sites excluding steroid dienone is 1. The molecule has 0 spiro atoms. The van der Waals surface area contributed by atoms with E-state index in [1.165, 1.54) is 24.8 Å².